The van der Waals surface area contributed by atoms with E-state index in [-0.39, 0.29) is 0 Å². The predicted molar refractivity (Wildman–Crippen MR) is 68.9 cm³/mol. The molecule has 1 saturated carbocycles. The number of rotatable bonds is 2. The van der Waals surface area contributed by atoms with Gasteiger partial charge in [-0.1, -0.05) is 12.1 Å². The summed E-state index contributed by atoms with van der Waals surface area (Å²) in [5, 5.41) is 0. The highest BCUT2D eigenvalue weighted by Crippen LogP contribution is 2.65. The van der Waals surface area contributed by atoms with Crippen molar-refractivity contribution in [3.63, 3.8) is 0 Å². The summed E-state index contributed by atoms with van der Waals surface area (Å²) >= 11 is 0. The van der Waals surface area contributed by atoms with E-state index in [1.165, 1.54) is 23.2 Å². The fraction of sp³-hybridized carbons (Fsp3) is 0.400. The van der Waals surface area contributed by atoms with Gasteiger partial charge in [0.2, 0.25) is 0 Å². The molecular weight excluding hydrogens is 224 g/mol. The summed E-state index contributed by atoms with van der Waals surface area (Å²) < 4.78 is 5.49. The number of aromatic amines is 1. The van der Waals surface area contributed by atoms with Crippen LogP contribution >= 0.6 is 0 Å². The zero-order valence-electron chi connectivity index (χ0n) is 10.4. The number of imidazole rings is 1. The third-order valence-corrected chi connectivity index (χ3v) is 4.52. The molecular formula is C15H16N2O. The second-order valence-electron chi connectivity index (χ2n) is 5.29. The van der Waals surface area contributed by atoms with Crippen LogP contribution < -0.4 is 4.74 Å². The van der Waals surface area contributed by atoms with Crippen molar-refractivity contribution in [3.8, 4) is 5.75 Å². The second-order valence-corrected chi connectivity index (χ2v) is 5.29. The fourth-order valence-corrected chi connectivity index (χ4v) is 3.69. The van der Waals surface area contributed by atoms with E-state index < -0.39 is 0 Å². The lowest BCUT2D eigenvalue weighted by molar-refractivity contribution is 0.406. The Hall–Kier alpha value is -1.77. The number of aromatic nitrogens is 2. The first-order chi connectivity index (χ1) is 8.90. The summed E-state index contributed by atoms with van der Waals surface area (Å²) in [4.78, 5) is 7.42. The molecule has 1 aromatic heterocycles. The summed E-state index contributed by atoms with van der Waals surface area (Å²) in [5.74, 6) is 3.16. The molecule has 1 fully saturated rings. The van der Waals surface area contributed by atoms with Gasteiger partial charge in [0.1, 0.15) is 5.75 Å². The lowest BCUT2D eigenvalue weighted by atomic mass is 9.91. The highest BCUT2D eigenvalue weighted by Gasteiger charge is 2.54. The van der Waals surface area contributed by atoms with Crippen LogP contribution in [0.4, 0.5) is 0 Å². The number of H-pyrrole nitrogens is 1. The van der Waals surface area contributed by atoms with Gasteiger partial charge in [0.15, 0.2) is 0 Å². The van der Waals surface area contributed by atoms with Crippen LogP contribution in [-0.4, -0.2) is 17.1 Å². The Morgan fingerprint density at radius 2 is 2.28 bits per heavy atom. The summed E-state index contributed by atoms with van der Waals surface area (Å²) in [6.45, 7) is 0. The summed E-state index contributed by atoms with van der Waals surface area (Å²) in [6, 6.07) is 6.46. The maximum atomic E-state index is 5.49. The topological polar surface area (TPSA) is 37.9 Å². The molecule has 1 aromatic carbocycles. The fourth-order valence-electron chi connectivity index (χ4n) is 3.69. The minimum atomic E-state index is 0.640. The van der Waals surface area contributed by atoms with Crippen molar-refractivity contribution in [1.29, 1.82) is 0 Å². The second kappa shape index (κ2) is 3.61. The monoisotopic (exact) mass is 240 g/mol. The first kappa shape index (κ1) is 10.2. The predicted octanol–water partition coefficient (Wildman–Crippen LogP) is 2.86. The molecule has 0 amide bonds. The average molecular weight is 240 g/mol. The minimum Gasteiger partial charge on any atom is -0.496 e. The highest BCUT2D eigenvalue weighted by atomic mass is 16.5. The van der Waals surface area contributed by atoms with Gasteiger partial charge in [-0.25, -0.2) is 4.98 Å². The van der Waals surface area contributed by atoms with E-state index in [9.17, 15) is 0 Å². The molecule has 0 spiro atoms. The van der Waals surface area contributed by atoms with Crippen LogP contribution in [0.5, 0.6) is 5.75 Å². The molecule has 92 valence electrons. The molecule has 3 nitrogen and oxygen atoms in total. The van der Waals surface area contributed by atoms with Crippen LogP contribution in [0.2, 0.25) is 0 Å². The van der Waals surface area contributed by atoms with Crippen LogP contribution in [0.15, 0.2) is 30.7 Å². The molecule has 1 heterocycles. The smallest absolute Gasteiger partial charge is 0.122 e. The van der Waals surface area contributed by atoms with Crippen molar-refractivity contribution < 1.29 is 4.74 Å². The van der Waals surface area contributed by atoms with Crippen molar-refractivity contribution in [3.05, 3.63) is 47.5 Å². The Morgan fingerprint density at radius 3 is 3.06 bits per heavy atom. The molecule has 1 N–H and O–H groups in total. The maximum Gasteiger partial charge on any atom is 0.122 e. The molecule has 0 radical (unpaired) electrons. The number of nitrogens with zero attached hydrogens (tertiary/aromatic N) is 1. The zero-order valence-corrected chi connectivity index (χ0v) is 10.4. The van der Waals surface area contributed by atoms with E-state index in [0.29, 0.717) is 11.8 Å². The molecule has 3 unspecified atom stereocenters. The van der Waals surface area contributed by atoms with Gasteiger partial charge in [0.05, 0.1) is 13.4 Å². The first-order valence-electron chi connectivity index (χ1n) is 6.54. The molecule has 2 aliphatic carbocycles. The molecule has 18 heavy (non-hydrogen) atoms. The van der Waals surface area contributed by atoms with Crippen molar-refractivity contribution in [2.75, 3.05) is 7.11 Å². The van der Waals surface area contributed by atoms with E-state index in [2.05, 4.69) is 28.2 Å². The summed E-state index contributed by atoms with van der Waals surface area (Å²) in [7, 11) is 1.76. The first-order valence-corrected chi connectivity index (χ1v) is 6.54. The quantitative estimate of drug-likeness (QED) is 0.876. The molecule has 2 aliphatic rings. The van der Waals surface area contributed by atoms with Gasteiger partial charge in [0.25, 0.3) is 0 Å². The number of hydrogen-bond acceptors (Lipinski definition) is 2. The van der Waals surface area contributed by atoms with E-state index >= 15 is 0 Å². The van der Waals surface area contributed by atoms with Gasteiger partial charge < -0.3 is 9.72 Å². The molecule has 3 atom stereocenters. The lowest BCUT2D eigenvalue weighted by Crippen LogP contribution is -2.03. The van der Waals surface area contributed by atoms with Crippen LogP contribution in [0.25, 0.3) is 0 Å². The molecule has 4 rings (SSSR count). The van der Waals surface area contributed by atoms with E-state index in [1.807, 2.05) is 6.20 Å². The van der Waals surface area contributed by atoms with Crippen LogP contribution in [0.1, 0.15) is 35.1 Å². The van der Waals surface area contributed by atoms with Crippen molar-refractivity contribution >= 4 is 0 Å². The van der Waals surface area contributed by atoms with Gasteiger partial charge >= 0.3 is 0 Å². The van der Waals surface area contributed by atoms with E-state index in [1.54, 1.807) is 13.4 Å². The van der Waals surface area contributed by atoms with Crippen LogP contribution in [0.3, 0.4) is 0 Å². The number of hydrogen-bond donors (Lipinski definition) is 1. The number of ether oxygens (including phenoxy) is 1. The van der Waals surface area contributed by atoms with Gasteiger partial charge in [-0.05, 0) is 41.9 Å². The maximum absolute atomic E-state index is 5.49. The number of nitrogens with one attached hydrogen (secondary N) is 1. The Kier molecular flexibility index (Phi) is 2.04. The van der Waals surface area contributed by atoms with Crippen LogP contribution in [0, 0.1) is 5.92 Å². The zero-order chi connectivity index (χ0) is 12.1. The van der Waals surface area contributed by atoms with E-state index in [4.69, 9.17) is 4.74 Å². The highest BCUT2D eigenvalue weighted by molar-refractivity contribution is 5.50. The Balaban J connectivity index is 1.75. The Morgan fingerprint density at radius 1 is 1.33 bits per heavy atom. The lowest BCUT2D eigenvalue weighted by Gasteiger charge is -2.17. The van der Waals surface area contributed by atoms with Gasteiger partial charge in [-0.2, -0.15) is 0 Å². The van der Waals surface area contributed by atoms with E-state index in [0.717, 1.165) is 18.1 Å². The molecule has 0 aliphatic heterocycles. The number of benzene rings is 1. The standard InChI is InChI=1S/C15H16N2O/c1-18-13-4-2-3-10-9(13)5-6-11-14(10)15(11)12-7-16-8-17-12/h2-4,7-8,11,14-15H,5-6H2,1H3,(H,16,17). The van der Waals surface area contributed by atoms with Crippen molar-refractivity contribution in [1.82, 2.24) is 9.97 Å². The third kappa shape index (κ3) is 1.27. The molecule has 2 aromatic rings. The molecule has 0 bridgehead atoms. The average Bonchev–Trinajstić information content (AvgIpc) is 2.91. The number of methoxy groups -OCH3 is 1. The Bertz CT molecular complexity index is 576. The third-order valence-electron chi connectivity index (χ3n) is 4.52. The molecule has 0 saturated heterocycles. The van der Waals surface area contributed by atoms with Gasteiger partial charge in [-0.3, -0.25) is 0 Å². The van der Waals surface area contributed by atoms with Gasteiger partial charge in [-0.15, -0.1) is 0 Å². The SMILES string of the molecule is COc1cccc2c1CCC1C(c3cnc[nH]3)C21. The van der Waals surface area contributed by atoms with Crippen molar-refractivity contribution in [2.45, 2.75) is 24.7 Å². The number of fused-ring (bicyclic) bond motifs is 3. The van der Waals surface area contributed by atoms with Crippen LogP contribution in [-0.2, 0) is 6.42 Å². The summed E-state index contributed by atoms with van der Waals surface area (Å²) in [5.41, 5.74) is 4.20. The Labute approximate surface area is 106 Å². The molecule has 3 heteroatoms. The minimum absolute atomic E-state index is 0.640. The van der Waals surface area contributed by atoms with Gasteiger partial charge in [0, 0.05) is 17.8 Å². The normalized spacial score (nSPS) is 28.4. The summed E-state index contributed by atoms with van der Waals surface area (Å²) in [6.07, 6.45) is 6.17. The van der Waals surface area contributed by atoms with Crippen molar-refractivity contribution in [2.24, 2.45) is 5.92 Å². The largest absolute Gasteiger partial charge is 0.496 e.